The monoisotopic (exact) mass is 441 g/mol. The van der Waals surface area contributed by atoms with Gasteiger partial charge in [-0.3, -0.25) is 0 Å². The summed E-state index contributed by atoms with van der Waals surface area (Å²) in [7, 11) is 0. The summed E-state index contributed by atoms with van der Waals surface area (Å²) in [6.45, 7) is 0.512. The van der Waals surface area contributed by atoms with Crippen molar-refractivity contribution in [1.82, 2.24) is 19.8 Å². The number of hydrogen-bond acceptors (Lipinski definition) is 6. The van der Waals surface area contributed by atoms with Crippen molar-refractivity contribution in [3.8, 4) is 22.1 Å². The summed E-state index contributed by atoms with van der Waals surface area (Å²) in [5.74, 6) is 2.01. The molecule has 3 aromatic heterocycles. The van der Waals surface area contributed by atoms with Gasteiger partial charge >= 0.3 is 0 Å². The normalized spacial score (nSPS) is 11.2. The van der Waals surface area contributed by atoms with Gasteiger partial charge in [0.1, 0.15) is 5.76 Å². The lowest BCUT2D eigenvalue weighted by Crippen LogP contribution is -2.04. The highest BCUT2D eigenvalue weighted by atomic mass is 35.5. The largest absolute Gasteiger partial charge is 0.453 e. The summed E-state index contributed by atoms with van der Waals surface area (Å²) in [4.78, 5) is 0.701. The number of para-hydroxylation sites is 1. The maximum Gasteiger partial charge on any atom is 0.235 e. The van der Waals surface area contributed by atoms with Gasteiger partial charge in [-0.05, 0) is 42.5 Å². The van der Waals surface area contributed by atoms with Crippen molar-refractivity contribution in [2.45, 2.75) is 6.54 Å². The Bertz CT molecular complexity index is 1290. The first-order chi connectivity index (χ1) is 14.2. The molecule has 0 aliphatic heterocycles. The van der Waals surface area contributed by atoms with Crippen LogP contribution < -0.4 is 5.32 Å². The van der Waals surface area contributed by atoms with E-state index in [9.17, 15) is 0 Å². The van der Waals surface area contributed by atoms with Crippen LogP contribution in [0.3, 0.4) is 0 Å². The molecule has 0 aliphatic carbocycles. The van der Waals surface area contributed by atoms with Crippen LogP contribution in [0.4, 0.5) is 5.69 Å². The molecule has 0 unspecified atom stereocenters. The van der Waals surface area contributed by atoms with Gasteiger partial charge in [0.25, 0.3) is 0 Å². The molecule has 0 saturated carbocycles. The van der Waals surface area contributed by atoms with Crippen molar-refractivity contribution >= 4 is 45.2 Å². The second-order valence-corrected chi connectivity index (χ2v) is 8.03. The SMILES string of the molecule is Clc1ccc(-c2ccc(-c3nn4c(CNc5ccccc5)nnc4s3)o2)c(Cl)c1. The van der Waals surface area contributed by atoms with E-state index in [4.69, 9.17) is 27.6 Å². The molecule has 0 atom stereocenters. The number of nitrogens with one attached hydrogen (secondary N) is 1. The third kappa shape index (κ3) is 3.60. The average Bonchev–Trinajstić information content (AvgIpc) is 3.43. The van der Waals surface area contributed by atoms with E-state index >= 15 is 0 Å². The van der Waals surface area contributed by atoms with Gasteiger partial charge in [0.05, 0.1) is 11.6 Å². The van der Waals surface area contributed by atoms with E-state index in [0.29, 0.717) is 38.1 Å². The summed E-state index contributed by atoms with van der Waals surface area (Å²) < 4.78 is 7.72. The van der Waals surface area contributed by atoms with E-state index in [-0.39, 0.29) is 0 Å². The molecule has 3 heterocycles. The van der Waals surface area contributed by atoms with Crippen molar-refractivity contribution in [3.05, 3.63) is 76.5 Å². The average molecular weight is 442 g/mol. The standard InChI is InChI=1S/C20H13Cl2N5OS/c21-12-6-7-14(15(22)10-12)16-8-9-17(28-16)19-26-27-18(24-25-20(27)29-19)11-23-13-4-2-1-3-5-13/h1-10,23H,11H2. The molecule has 0 spiro atoms. The van der Waals surface area contributed by atoms with Gasteiger partial charge in [0.2, 0.25) is 4.96 Å². The summed E-state index contributed by atoms with van der Waals surface area (Å²) >= 11 is 13.7. The van der Waals surface area contributed by atoms with E-state index in [0.717, 1.165) is 17.1 Å². The third-order valence-electron chi connectivity index (χ3n) is 4.29. The Morgan fingerprint density at radius 3 is 2.62 bits per heavy atom. The highest BCUT2D eigenvalue weighted by Gasteiger charge is 2.17. The van der Waals surface area contributed by atoms with Crippen molar-refractivity contribution in [2.75, 3.05) is 5.32 Å². The molecule has 6 nitrogen and oxygen atoms in total. The molecule has 0 amide bonds. The summed E-state index contributed by atoms with van der Waals surface area (Å²) in [5.41, 5.74) is 1.79. The van der Waals surface area contributed by atoms with Crippen LogP contribution in [-0.2, 0) is 6.54 Å². The van der Waals surface area contributed by atoms with E-state index in [2.05, 4.69) is 20.6 Å². The Kier molecular flexibility index (Phi) is 4.71. The minimum absolute atomic E-state index is 0.512. The second kappa shape index (κ2) is 7.51. The van der Waals surface area contributed by atoms with Crippen LogP contribution in [0.5, 0.6) is 0 Å². The fraction of sp³-hybridized carbons (Fsp3) is 0.0500. The molecule has 0 bridgehead atoms. The first-order valence-corrected chi connectivity index (χ1v) is 10.3. The fourth-order valence-electron chi connectivity index (χ4n) is 2.89. The molecule has 9 heteroatoms. The number of aromatic nitrogens is 4. The lowest BCUT2D eigenvalue weighted by atomic mass is 10.2. The fourth-order valence-corrected chi connectivity index (χ4v) is 4.21. The van der Waals surface area contributed by atoms with Crippen molar-refractivity contribution in [3.63, 3.8) is 0 Å². The van der Waals surface area contributed by atoms with Crippen LogP contribution in [0.2, 0.25) is 10.0 Å². The predicted molar refractivity (Wildman–Crippen MR) is 116 cm³/mol. The van der Waals surface area contributed by atoms with Gasteiger partial charge in [-0.15, -0.1) is 15.3 Å². The summed E-state index contributed by atoms with van der Waals surface area (Å²) in [6, 6.07) is 19.0. The Morgan fingerprint density at radius 2 is 1.79 bits per heavy atom. The van der Waals surface area contributed by atoms with Gasteiger partial charge in [-0.1, -0.05) is 52.7 Å². The number of anilines is 1. The number of nitrogens with zero attached hydrogens (tertiary/aromatic N) is 4. The molecule has 0 saturated heterocycles. The van der Waals surface area contributed by atoms with Gasteiger partial charge in [-0.2, -0.15) is 4.52 Å². The quantitative estimate of drug-likeness (QED) is 0.360. The molecule has 144 valence electrons. The number of halogens is 2. The van der Waals surface area contributed by atoms with Crippen LogP contribution >= 0.6 is 34.5 Å². The number of rotatable bonds is 5. The van der Waals surface area contributed by atoms with Crippen molar-refractivity contribution in [2.24, 2.45) is 0 Å². The Hall–Kier alpha value is -2.87. The zero-order valence-electron chi connectivity index (χ0n) is 14.8. The molecule has 2 aromatic carbocycles. The highest BCUT2D eigenvalue weighted by molar-refractivity contribution is 7.19. The molecular weight excluding hydrogens is 429 g/mol. The third-order valence-corrected chi connectivity index (χ3v) is 5.75. The first kappa shape index (κ1) is 18.2. The zero-order valence-corrected chi connectivity index (χ0v) is 17.2. The Balaban J connectivity index is 1.41. The summed E-state index contributed by atoms with van der Waals surface area (Å²) in [6.07, 6.45) is 0. The van der Waals surface area contributed by atoms with E-state index in [1.165, 1.54) is 11.3 Å². The van der Waals surface area contributed by atoms with E-state index in [1.807, 2.05) is 48.5 Å². The predicted octanol–water partition coefficient (Wildman–Crippen LogP) is 6.03. The summed E-state index contributed by atoms with van der Waals surface area (Å²) in [5, 5.41) is 18.2. The van der Waals surface area contributed by atoms with Crippen LogP contribution in [0.15, 0.2) is 65.1 Å². The van der Waals surface area contributed by atoms with Crippen LogP contribution in [-0.4, -0.2) is 19.8 Å². The van der Waals surface area contributed by atoms with Gasteiger partial charge in [-0.25, -0.2) is 0 Å². The van der Waals surface area contributed by atoms with Gasteiger partial charge < -0.3 is 9.73 Å². The van der Waals surface area contributed by atoms with Crippen LogP contribution in [0.25, 0.3) is 27.1 Å². The maximum absolute atomic E-state index is 6.29. The molecule has 1 N–H and O–H groups in total. The number of hydrogen-bond donors (Lipinski definition) is 1. The number of fused-ring (bicyclic) bond motifs is 1. The zero-order chi connectivity index (χ0) is 19.8. The molecule has 0 fully saturated rings. The highest BCUT2D eigenvalue weighted by Crippen LogP contribution is 2.35. The minimum Gasteiger partial charge on any atom is -0.453 e. The van der Waals surface area contributed by atoms with Crippen LogP contribution in [0.1, 0.15) is 5.82 Å². The molecule has 5 aromatic rings. The second-order valence-electron chi connectivity index (χ2n) is 6.23. The Morgan fingerprint density at radius 1 is 0.966 bits per heavy atom. The lowest BCUT2D eigenvalue weighted by molar-refractivity contribution is 0.595. The van der Waals surface area contributed by atoms with E-state index in [1.54, 1.807) is 16.6 Å². The van der Waals surface area contributed by atoms with Crippen molar-refractivity contribution in [1.29, 1.82) is 0 Å². The topological polar surface area (TPSA) is 68.2 Å². The Labute approximate surface area is 179 Å². The van der Waals surface area contributed by atoms with Crippen molar-refractivity contribution < 1.29 is 4.42 Å². The number of furan rings is 1. The molecular formula is C20H13Cl2N5OS. The van der Waals surface area contributed by atoms with Crippen LogP contribution in [0, 0.1) is 0 Å². The molecule has 29 heavy (non-hydrogen) atoms. The van der Waals surface area contributed by atoms with E-state index < -0.39 is 0 Å². The molecule has 5 rings (SSSR count). The smallest absolute Gasteiger partial charge is 0.235 e. The van der Waals surface area contributed by atoms with Gasteiger partial charge in [0, 0.05) is 16.3 Å². The first-order valence-electron chi connectivity index (χ1n) is 8.73. The molecule has 0 radical (unpaired) electrons. The molecule has 0 aliphatic rings. The maximum atomic E-state index is 6.29. The van der Waals surface area contributed by atoms with Gasteiger partial charge in [0.15, 0.2) is 16.6 Å². The number of benzene rings is 2. The minimum atomic E-state index is 0.512. The lowest BCUT2D eigenvalue weighted by Gasteiger charge is -2.03.